The van der Waals surface area contributed by atoms with Gasteiger partial charge >= 0.3 is 0 Å². The summed E-state index contributed by atoms with van der Waals surface area (Å²) < 4.78 is 5.40. The molecule has 0 aromatic heterocycles. The van der Waals surface area contributed by atoms with E-state index < -0.39 is 0 Å². The van der Waals surface area contributed by atoms with Gasteiger partial charge < -0.3 is 4.74 Å². The van der Waals surface area contributed by atoms with Crippen LogP contribution in [0.1, 0.15) is 29.4 Å². The van der Waals surface area contributed by atoms with Crippen molar-refractivity contribution < 1.29 is 4.74 Å². The number of benzene rings is 1. The number of rotatable bonds is 3. The van der Waals surface area contributed by atoms with Gasteiger partial charge in [0.25, 0.3) is 0 Å². The van der Waals surface area contributed by atoms with Crippen molar-refractivity contribution in [3.05, 3.63) is 54.6 Å². The summed E-state index contributed by atoms with van der Waals surface area (Å²) in [5.74, 6) is 1.82. The van der Waals surface area contributed by atoms with Crippen LogP contribution in [0, 0.1) is 0 Å². The molecule has 78 valence electrons. The van der Waals surface area contributed by atoms with E-state index in [1.54, 1.807) is 7.11 Å². The van der Waals surface area contributed by atoms with Gasteiger partial charge in [0.2, 0.25) is 0 Å². The quantitative estimate of drug-likeness (QED) is 0.677. The van der Waals surface area contributed by atoms with Crippen LogP contribution >= 0.6 is 0 Å². The number of ether oxygens (including phenoxy) is 1. The highest BCUT2D eigenvalue weighted by Crippen LogP contribution is 2.46. The van der Waals surface area contributed by atoms with Crippen LogP contribution in [0.5, 0.6) is 5.75 Å². The fourth-order valence-corrected chi connectivity index (χ4v) is 2.41. The van der Waals surface area contributed by atoms with E-state index in [1.807, 2.05) is 24.3 Å². The predicted octanol–water partition coefficient (Wildman–Crippen LogP) is 3.64. The highest BCUT2D eigenvalue weighted by molar-refractivity contribution is 5.51. The second-order valence-electron chi connectivity index (χ2n) is 3.88. The number of hydrogen-bond donors (Lipinski definition) is 0. The lowest BCUT2D eigenvalue weighted by atomic mass is 10.0. The Morgan fingerprint density at radius 3 is 2.60 bits per heavy atom. The minimum absolute atomic E-state index is 0.402. The van der Waals surface area contributed by atoms with Crippen molar-refractivity contribution in [1.29, 1.82) is 0 Å². The summed E-state index contributed by atoms with van der Waals surface area (Å²) in [6, 6.07) is 6.22. The highest BCUT2D eigenvalue weighted by atomic mass is 16.5. The van der Waals surface area contributed by atoms with E-state index in [9.17, 15) is 0 Å². The highest BCUT2D eigenvalue weighted by Gasteiger charge is 2.29. The van der Waals surface area contributed by atoms with Crippen molar-refractivity contribution in [2.24, 2.45) is 0 Å². The van der Waals surface area contributed by atoms with E-state index in [0.29, 0.717) is 11.8 Å². The van der Waals surface area contributed by atoms with Crippen LogP contribution in [0.15, 0.2) is 43.5 Å². The third-order valence-electron chi connectivity index (χ3n) is 3.17. The Bertz CT molecular complexity index is 392. The van der Waals surface area contributed by atoms with E-state index in [4.69, 9.17) is 4.74 Å². The van der Waals surface area contributed by atoms with Gasteiger partial charge in [-0.1, -0.05) is 24.3 Å². The molecule has 0 heterocycles. The lowest BCUT2D eigenvalue weighted by molar-refractivity contribution is 0.409. The van der Waals surface area contributed by atoms with Crippen molar-refractivity contribution in [2.75, 3.05) is 7.11 Å². The van der Waals surface area contributed by atoms with E-state index in [2.05, 4.69) is 19.2 Å². The maximum absolute atomic E-state index is 5.40. The molecule has 0 bridgehead atoms. The number of hydrogen-bond acceptors (Lipinski definition) is 1. The Labute approximate surface area is 91.1 Å². The topological polar surface area (TPSA) is 9.23 Å². The summed E-state index contributed by atoms with van der Waals surface area (Å²) in [7, 11) is 1.72. The molecule has 2 unspecified atom stereocenters. The molecule has 1 aliphatic carbocycles. The van der Waals surface area contributed by atoms with Crippen molar-refractivity contribution in [2.45, 2.75) is 18.3 Å². The molecule has 2 rings (SSSR count). The fourth-order valence-electron chi connectivity index (χ4n) is 2.41. The number of methoxy groups -OCH3 is 1. The molecule has 1 aromatic rings. The van der Waals surface area contributed by atoms with Gasteiger partial charge in [-0.3, -0.25) is 0 Å². The minimum Gasteiger partial charge on any atom is -0.496 e. The van der Waals surface area contributed by atoms with E-state index in [-0.39, 0.29) is 0 Å². The van der Waals surface area contributed by atoms with E-state index in [0.717, 1.165) is 12.2 Å². The molecule has 0 amide bonds. The first-order valence-electron chi connectivity index (χ1n) is 5.23. The van der Waals surface area contributed by atoms with Crippen LogP contribution in [-0.2, 0) is 0 Å². The summed E-state index contributed by atoms with van der Waals surface area (Å²) >= 11 is 0. The maximum atomic E-state index is 5.40. The smallest absolute Gasteiger partial charge is 0.122 e. The Kier molecular flexibility index (Phi) is 2.63. The second-order valence-corrected chi connectivity index (χ2v) is 3.88. The molecule has 2 atom stereocenters. The molecule has 0 spiro atoms. The Morgan fingerprint density at radius 1 is 1.27 bits per heavy atom. The molecule has 15 heavy (non-hydrogen) atoms. The molecule has 1 aliphatic rings. The maximum Gasteiger partial charge on any atom is 0.122 e. The predicted molar refractivity (Wildman–Crippen MR) is 63.5 cm³/mol. The summed E-state index contributed by atoms with van der Waals surface area (Å²) in [5, 5.41) is 0. The van der Waals surface area contributed by atoms with Crippen LogP contribution in [0.3, 0.4) is 0 Å². The first kappa shape index (κ1) is 10.0. The summed E-state index contributed by atoms with van der Waals surface area (Å²) in [6.07, 6.45) is 5.09. The monoisotopic (exact) mass is 200 g/mol. The summed E-state index contributed by atoms with van der Waals surface area (Å²) in [6.45, 7) is 7.79. The van der Waals surface area contributed by atoms with Crippen LogP contribution in [-0.4, -0.2) is 7.11 Å². The first-order valence-corrected chi connectivity index (χ1v) is 5.23. The normalized spacial score (nSPS) is 23.3. The Hall–Kier alpha value is -1.50. The van der Waals surface area contributed by atoms with Crippen LogP contribution in [0.25, 0.3) is 0 Å². The van der Waals surface area contributed by atoms with Crippen molar-refractivity contribution in [3.63, 3.8) is 0 Å². The molecule has 0 aliphatic heterocycles. The molecule has 0 saturated carbocycles. The standard InChI is InChI=1S/C14H16O/c1-4-10-9-11(5-2)14-12(10)7-6-8-13(14)15-3/h4-8,10-11H,1-2,9H2,3H3. The van der Waals surface area contributed by atoms with Crippen molar-refractivity contribution in [3.8, 4) is 5.75 Å². The van der Waals surface area contributed by atoms with Crippen LogP contribution in [0.2, 0.25) is 0 Å². The largest absolute Gasteiger partial charge is 0.496 e. The third kappa shape index (κ3) is 1.48. The van der Waals surface area contributed by atoms with E-state index >= 15 is 0 Å². The SMILES string of the molecule is C=CC1CC(C=C)c2c(OC)cccc21. The molecule has 0 radical (unpaired) electrons. The second kappa shape index (κ2) is 3.93. The average molecular weight is 200 g/mol. The van der Waals surface area contributed by atoms with Crippen LogP contribution in [0.4, 0.5) is 0 Å². The lowest BCUT2D eigenvalue weighted by Crippen LogP contribution is -1.94. The zero-order valence-corrected chi connectivity index (χ0v) is 9.07. The number of fused-ring (bicyclic) bond motifs is 1. The van der Waals surface area contributed by atoms with Gasteiger partial charge in [0.15, 0.2) is 0 Å². The average Bonchev–Trinajstić information content (AvgIpc) is 2.66. The summed E-state index contributed by atoms with van der Waals surface area (Å²) in [5.41, 5.74) is 2.63. The van der Waals surface area contributed by atoms with Crippen LogP contribution < -0.4 is 4.74 Å². The Balaban J connectivity index is 2.56. The molecular formula is C14H16O. The first-order chi connectivity index (χ1) is 7.31. The lowest BCUT2D eigenvalue weighted by Gasteiger charge is -2.11. The Morgan fingerprint density at radius 2 is 2.00 bits per heavy atom. The molecule has 1 nitrogen and oxygen atoms in total. The van der Waals surface area contributed by atoms with Crippen molar-refractivity contribution >= 4 is 0 Å². The van der Waals surface area contributed by atoms with E-state index in [1.165, 1.54) is 11.1 Å². The molecule has 1 aromatic carbocycles. The molecular weight excluding hydrogens is 184 g/mol. The van der Waals surface area contributed by atoms with Gasteiger partial charge in [-0.15, -0.1) is 13.2 Å². The molecule has 1 heteroatoms. The van der Waals surface area contributed by atoms with Gasteiger partial charge in [-0.05, 0) is 18.1 Å². The molecule has 0 saturated heterocycles. The third-order valence-corrected chi connectivity index (χ3v) is 3.17. The zero-order valence-electron chi connectivity index (χ0n) is 9.07. The molecule has 0 fully saturated rings. The van der Waals surface area contributed by atoms with Gasteiger partial charge in [-0.25, -0.2) is 0 Å². The van der Waals surface area contributed by atoms with Gasteiger partial charge in [0.05, 0.1) is 7.11 Å². The van der Waals surface area contributed by atoms with Gasteiger partial charge in [0.1, 0.15) is 5.75 Å². The zero-order chi connectivity index (χ0) is 10.8. The molecule has 0 N–H and O–H groups in total. The fraction of sp³-hybridized carbons (Fsp3) is 0.286. The van der Waals surface area contributed by atoms with Gasteiger partial charge in [0, 0.05) is 17.4 Å². The minimum atomic E-state index is 0.402. The number of allylic oxidation sites excluding steroid dienone is 2. The van der Waals surface area contributed by atoms with Gasteiger partial charge in [-0.2, -0.15) is 0 Å². The summed E-state index contributed by atoms with van der Waals surface area (Å²) in [4.78, 5) is 0. The van der Waals surface area contributed by atoms with Crippen molar-refractivity contribution in [1.82, 2.24) is 0 Å².